The lowest BCUT2D eigenvalue weighted by atomic mass is 10.0. The second-order valence-electron chi connectivity index (χ2n) is 5.36. The third kappa shape index (κ3) is 5.24. The molecule has 0 bridgehead atoms. The van der Waals surface area contributed by atoms with Crippen molar-refractivity contribution in [3.63, 3.8) is 0 Å². The van der Waals surface area contributed by atoms with E-state index < -0.39 is 0 Å². The maximum absolute atomic E-state index is 11.7. The van der Waals surface area contributed by atoms with Crippen molar-refractivity contribution >= 4 is 17.7 Å². The van der Waals surface area contributed by atoms with Crippen LogP contribution in [0.1, 0.15) is 59.3 Å². The monoisotopic (exact) mass is 243 g/mol. The minimum absolute atomic E-state index is 0.0514. The normalized spacial score (nSPS) is 18.4. The van der Waals surface area contributed by atoms with Crippen molar-refractivity contribution in [1.29, 1.82) is 0 Å². The van der Waals surface area contributed by atoms with Gasteiger partial charge >= 0.3 is 0 Å². The molecule has 0 atom stereocenters. The van der Waals surface area contributed by atoms with Crippen LogP contribution in [0.2, 0.25) is 0 Å². The van der Waals surface area contributed by atoms with Crippen molar-refractivity contribution < 1.29 is 4.79 Å². The lowest BCUT2D eigenvalue weighted by Crippen LogP contribution is -2.43. The Labute approximate surface area is 104 Å². The molecule has 1 amide bonds. The van der Waals surface area contributed by atoms with Gasteiger partial charge in [-0.05, 0) is 33.1 Å². The minimum atomic E-state index is -0.0514. The molecule has 1 N–H and O–H groups in total. The summed E-state index contributed by atoms with van der Waals surface area (Å²) in [5.41, 5.74) is -0.0514. The van der Waals surface area contributed by atoms with Crippen LogP contribution in [-0.2, 0) is 4.79 Å². The predicted octanol–water partition coefficient (Wildman–Crippen LogP) is 3.36. The van der Waals surface area contributed by atoms with Crippen molar-refractivity contribution in [3.8, 4) is 0 Å². The Hall–Kier alpha value is -0.180. The molecule has 0 aromatic rings. The van der Waals surface area contributed by atoms with Crippen molar-refractivity contribution in [2.45, 2.75) is 70.1 Å². The van der Waals surface area contributed by atoms with E-state index in [1.54, 1.807) is 0 Å². The summed E-state index contributed by atoms with van der Waals surface area (Å²) < 4.78 is 0. The molecular weight excluding hydrogens is 218 g/mol. The lowest BCUT2D eigenvalue weighted by Gasteiger charge is -2.25. The zero-order valence-corrected chi connectivity index (χ0v) is 11.7. The summed E-state index contributed by atoms with van der Waals surface area (Å²) in [4.78, 5) is 11.7. The van der Waals surface area contributed by atoms with Gasteiger partial charge in [-0.1, -0.05) is 26.2 Å². The van der Waals surface area contributed by atoms with Gasteiger partial charge in [-0.3, -0.25) is 4.79 Å². The van der Waals surface area contributed by atoms with Crippen LogP contribution in [0.5, 0.6) is 0 Å². The minimum Gasteiger partial charge on any atom is -0.351 e. The van der Waals surface area contributed by atoms with Gasteiger partial charge in [0.1, 0.15) is 0 Å². The zero-order chi connectivity index (χ0) is 12.0. The van der Waals surface area contributed by atoms with Crippen LogP contribution in [0, 0.1) is 0 Å². The largest absolute Gasteiger partial charge is 0.351 e. The molecular formula is C13H25NOS. The molecule has 0 spiro atoms. The summed E-state index contributed by atoms with van der Waals surface area (Å²) in [5.74, 6) is 0.830. The number of hydrogen-bond donors (Lipinski definition) is 1. The highest BCUT2D eigenvalue weighted by Gasteiger charge is 2.19. The molecule has 0 saturated heterocycles. The van der Waals surface area contributed by atoms with Gasteiger partial charge in [0.25, 0.3) is 0 Å². The number of hydrogen-bond acceptors (Lipinski definition) is 2. The number of amides is 1. The number of thioether (sulfide) groups is 1. The van der Waals surface area contributed by atoms with Crippen LogP contribution in [0.25, 0.3) is 0 Å². The number of carbonyl (C=O) groups is 1. The average Bonchev–Trinajstić information content (AvgIpc) is 2.27. The number of carbonyl (C=O) groups excluding carboxylic acids is 1. The third-order valence-corrected chi connectivity index (χ3v) is 4.74. The van der Waals surface area contributed by atoms with Gasteiger partial charge in [-0.2, -0.15) is 0 Å². The van der Waals surface area contributed by atoms with Crippen molar-refractivity contribution in [2.75, 3.05) is 5.75 Å². The molecule has 0 radical (unpaired) electrons. The Kier molecular flexibility index (Phi) is 5.67. The first-order valence-electron chi connectivity index (χ1n) is 6.46. The first-order chi connectivity index (χ1) is 7.53. The molecule has 1 fully saturated rings. The molecule has 0 aromatic heterocycles. The molecule has 2 nitrogen and oxygen atoms in total. The Bertz CT molecular complexity index is 222. The van der Waals surface area contributed by atoms with E-state index in [1.165, 1.54) is 32.1 Å². The molecule has 0 unspecified atom stereocenters. The van der Waals surface area contributed by atoms with Gasteiger partial charge in [-0.15, -0.1) is 11.8 Å². The van der Waals surface area contributed by atoms with E-state index in [2.05, 4.69) is 26.1 Å². The molecule has 0 heterocycles. The second kappa shape index (κ2) is 6.53. The predicted molar refractivity (Wildman–Crippen MR) is 71.8 cm³/mol. The smallest absolute Gasteiger partial charge is 0.230 e. The SMILES string of the molecule is CCC(C)(C)NC(=O)CSC1CCCCC1. The Balaban J connectivity index is 2.19. The van der Waals surface area contributed by atoms with Gasteiger partial charge in [0.05, 0.1) is 5.75 Å². The van der Waals surface area contributed by atoms with Crippen LogP contribution >= 0.6 is 11.8 Å². The zero-order valence-electron chi connectivity index (χ0n) is 10.8. The van der Waals surface area contributed by atoms with Gasteiger partial charge in [0.2, 0.25) is 5.91 Å². The van der Waals surface area contributed by atoms with E-state index in [1.807, 2.05) is 11.8 Å². The van der Waals surface area contributed by atoms with Crippen molar-refractivity contribution in [1.82, 2.24) is 5.32 Å². The summed E-state index contributed by atoms with van der Waals surface area (Å²) in [5, 5.41) is 3.81. The molecule has 0 aromatic carbocycles. The van der Waals surface area contributed by atoms with Crippen LogP contribution in [0.15, 0.2) is 0 Å². The Morgan fingerprint density at radius 1 is 1.31 bits per heavy atom. The topological polar surface area (TPSA) is 29.1 Å². The quantitative estimate of drug-likeness (QED) is 0.802. The fourth-order valence-corrected chi connectivity index (χ4v) is 3.05. The van der Waals surface area contributed by atoms with E-state index >= 15 is 0 Å². The molecule has 1 rings (SSSR count). The maximum Gasteiger partial charge on any atom is 0.230 e. The number of nitrogens with one attached hydrogen (secondary N) is 1. The van der Waals surface area contributed by atoms with E-state index in [-0.39, 0.29) is 11.4 Å². The maximum atomic E-state index is 11.7. The summed E-state index contributed by atoms with van der Waals surface area (Å²) in [7, 11) is 0. The van der Waals surface area contributed by atoms with Crippen molar-refractivity contribution in [2.24, 2.45) is 0 Å². The molecule has 1 aliphatic carbocycles. The fourth-order valence-electron chi connectivity index (χ4n) is 1.93. The Morgan fingerprint density at radius 3 is 2.50 bits per heavy atom. The highest BCUT2D eigenvalue weighted by molar-refractivity contribution is 8.00. The summed E-state index contributed by atoms with van der Waals surface area (Å²) in [6, 6.07) is 0. The van der Waals surface area contributed by atoms with E-state index in [4.69, 9.17) is 0 Å². The van der Waals surface area contributed by atoms with Gasteiger partial charge in [0.15, 0.2) is 0 Å². The Morgan fingerprint density at radius 2 is 1.94 bits per heavy atom. The van der Waals surface area contributed by atoms with Gasteiger partial charge in [0, 0.05) is 10.8 Å². The fraction of sp³-hybridized carbons (Fsp3) is 0.923. The van der Waals surface area contributed by atoms with Gasteiger partial charge in [-0.25, -0.2) is 0 Å². The molecule has 3 heteroatoms. The van der Waals surface area contributed by atoms with E-state index in [9.17, 15) is 4.79 Å². The van der Waals surface area contributed by atoms with Gasteiger partial charge < -0.3 is 5.32 Å². The molecule has 1 saturated carbocycles. The van der Waals surface area contributed by atoms with Crippen LogP contribution in [-0.4, -0.2) is 22.4 Å². The first kappa shape index (κ1) is 13.9. The first-order valence-corrected chi connectivity index (χ1v) is 7.51. The van der Waals surface area contributed by atoms with Crippen LogP contribution in [0.3, 0.4) is 0 Å². The van der Waals surface area contributed by atoms with E-state index in [0.29, 0.717) is 5.75 Å². The van der Waals surface area contributed by atoms with Crippen molar-refractivity contribution in [3.05, 3.63) is 0 Å². The molecule has 94 valence electrons. The summed E-state index contributed by atoms with van der Waals surface area (Å²) in [6.07, 6.45) is 7.66. The highest BCUT2D eigenvalue weighted by atomic mass is 32.2. The highest BCUT2D eigenvalue weighted by Crippen LogP contribution is 2.28. The van der Waals surface area contributed by atoms with Crippen LogP contribution in [0.4, 0.5) is 0 Å². The number of rotatable bonds is 5. The standard InChI is InChI=1S/C13H25NOS/c1-4-13(2,3)14-12(15)10-16-11-8-6-5-7-9-11/h11H,4-10H2,1-3H3,(H,14,15). The van der Waals surface area contributed by atoms with Crippen LogP contribution < -0.4 is 5.32 Å². The average molecular weight is 243 g/mol. The summed E-state index contributed by atoms with van der Waals surface area (Å²) in [6.45, 7) is 6.26. The lowest BCUT2D eigenvalue weighted by molar-refractivity contribution is -0.120. The molecule has 1 aliphatic rings. The molecule has 16 heavy (non-hydrogen) atoms. The third-order valence-electron chi connectivity index (χ3n) is 3.36. The second-order valence-corrected chi connectivity index (χ2v) is 6.65. The summed E-state index contributed by atoms with van der Waals surface area (Å²) >= 11 is 1.84. The molecule has 0 aliphatic heterocycles. The van der Waals surface area contributed by atoms with E-state index in [0.717, 1.165) is 11.7 Å².